The minimum absolute atomic E-state index is 0.113. The predicted molar refractivity (Wildman–Crippen MR) is 133 cm³/mol. The van der Waals surface area contributed by atoms with E-state index in [9.17, 15) is 14.7 Å². The summed E-state index contributed by atoms with van der Waals surface area (Å²) in [5.41, 5.74) is 9.79. The molecule has 0 saturated heterocycles. The van der Waals surface area contributed by atoms with Gasteiger partial charge in [-0.3, -0.25) is 0 Å². The van der Waals surface area contributed by atoms with E-state index in [1.54, 1.807) is 6.07 Å². The van der Waals surface area contributed by atoms with Gasteiger partial charge in [-0.05, 0) is 43.7 Å². The maximum absolute atomic E-state index is 12.2. The molecule has 0 aliphatic heterocycles. The third-order valence-corrected chi connectivity index (χ3v) is 5.48. The number of H-pyrrole nitrogens is 1. The summed E-state index contributed by atoms with van der Waals surface area (Å²) in [5, 5.41) is 20.2. The number of aromatic amines is 1. The van der Waals surface area contributed by atoms with Crippen molar-refractivity contribution in [2.75, 3.05) is 6.61 Å². The molecule has 0 fully saturated rings. The molecule has 0 atom stereocenters. The Hall–Kier alpha value is -4.43. The van der Waals surface area contributed by atoms with Crippen molar-refractivity contribution < 1.29 is 24.5 Å². The lowest BCUT2D eigenvalue weighted by Crippen LogP contribution is -2.28. The number of carbonyl (C=O) groups is 2. The molecule has 4 rings (SSSR count). The van der Waals surface area contributed by atoms with Gasteiger partial charge in [0, 0.05) is 22.0 Å². The second-order valence-electron chi connectivity index (χ2n) is 8.67. The van der Waals surface area contributed by atoms with Gasteiger partial charge in [-0.15, -0.1) is 0 Å². The van der Waals surface area contributed by atoms with Crippen LogP contribution in [0.3, 0.4) is 0 Å². The van der Waals surface area contributed by atoms with E-state index in [-0.39, 0.29) is 11.4 Å². The third-order valence-electron chi connectivity index (χ3n) is 5.48. The van der Waals surface area contributed by atoms with Gasteiger partial charge in [0.15, 0.2) is 12.5 Å². The minimum Gasteiger partial charge on any atom is -0.494 e. The van der Waals surface area contributed by atoms with Gasteiger partial charge in [0.05, 0.1) is 22.5 Å². The highest BCUT2D eigenvalue weighted by Crippen LogP contribution is 2.32. The highest BCUT2D eigenvalue weighted by molar-refractivity contribution is 6.22. The summed E-state index contributed by atoms with van der Waals surface area (Å²) in [6, 6.07) is 21.7. The molecule has 0 aliphatic rings. The Kier molecular flexibility index (Phi) is 6.40. The maximum atomic E-state index is 12.2. The molecule has 178 valence electrons. The van der Waals surface area contributed by atoms with Crippen molar-refractivity contribution in [3.05, 3.63) is 95.1 Å². The van der Waals surface area contributed by atoms with Gasteiger partial charge < -0.3 is 25.7 Å². The summed E-state index contributed by atoms with van der Waals surface area (Å²) in [6.45, 7) is 3.12. The van der Waals surface area contributed by atoms with Gasteiger partial charge in [0.1, 0.15) is 0 Å². The number of esters is 1. The number of carboxylic acids is 1. The van der Waals surface area contributed by atoms with Gasteiger partial charge in [-0.1, -0.05) is 48.5 Å². The summed E-state index contributed by atoms with van der Waals surface area (Å²) in [5.74, 6) is -2.13. The Morgan fingerprint density at radius 2 is 1.69 bits per heavy atom. The number of aromatic hydroxyl groups is 1. The molecule has 5 N–H and O–H groups in total. The zero-order valence-corrected chi connectivity index (χ0v) is 19.3. The zero-order valence-electron chi connectivity index (χ0n) is 19.3. The number of nitrogens with zero attached hydrogens (tertiary/aromatic N) is 1. The highest BCUT2D eigenvalue weighted by atomic mass is 16.5. The lowest BCUT2D eigenvalue weighted by molar-refractivity contribution is -0.140. The van der Waals surface area contributed by atoms with Gasteiger partial charge in [0.25, 0.3) is 0 Å². The van der Waals surface area contributed by atoms with Crippen molar-refractivity contribution in [3.8, 4) is 5.88 Å². The van der Waals surface area contributed by atoms with Gasteiger partial charge in [-0.25, -0.2) is 14.6 Å². The van der Waals surface area contributed by atoms with Crippen LogP contribution in [-0.4, -0.2) is 39.5 Å². The Labute approximate surface area is 201 Å². The van der Waals surface area contributed by atoms with Crippen LogP contribution in [0, 0.1) is 0 Å². The van der Waals surface area contributed by atoms with Crippen LogP contribution < -0.4 is 5.73 Å². The number of hydrogen-bond acceptors (Lipinski definition) is 6. The fourth-order valence-corrected chi connectivity index (χ4v) is 3.72. The number of aliphatic carboxylic acids is 1. The molecule has 3 aromatic carbocycles. The van der Waals surface area contributed by atoms with Crippen LogP contribution >= 0.6 is 0 Å². The normalized spacial score (nSPS) is 12.0. The number of aliphatic imine (C=N–C) groups is 1. The van der Waals surface area contributed by atoms with E-state index < -0.39 is 24.1 Å². The number of carbonyl (C=O) groups excluding carboxylic acids is 1. The summed E-state index contributed by atoms with van der Waals surface area (Å²) < 4.78 is 4.76. The minimum atomic E-state index is -1.24. The zero-order chi connectivity index (χ0) is 25.2. The average Bonchev–Trinajstić information content (AvgIpc) is 3.16. The van der Waals surface area contributed by atoms with E-state index in [1.165, 1.54) is 12.1 Å². The Bertz CT molecular complexity index is 1420. The van der Waals surface area contributed by atoms with Crippen molar-refractivity contribution >= 4 is 34.2 Å². The first kappa shape index (κ1) is 23.7. The first-order valence-corrected chi connectivity index (χ1v) is 10.9. The molecule has 0 amide bonds. The Morgan fingerprint density at radius 3 is 2.31 bits per heavy atom. The summed E-state index contributed by atoms with van der Waals surface area (Å²) in [4.78, 5) is 30.6. The van der Waals surface area contributed by atoms with Crippen molar-refractivity contribution in [2.45, 2.75) is 19.4 Å². The van der Waals surface area contributed by atoms with Gasteiger partial charge in [-0.2, -0.15) is 0 Å². The Balaban J connectivity index is 1.81. The number of hydrogen-bond donors (Lipinski definition) is 4. The van der Waals surface area contributed by atoms with Crippen LogP contribution in [0.25, 0.3) is 10.9 Å². The molecule has 35 heavy (non-hydrogen) atoms. The smallest absolute Gasteiger partial charge is 0.341 e. The average molecular weight is 472 g/mol. The molecule has 0 aliphatic carbocycles. The second kappa shape index (κ2) is 9.44. The molecule has 8 nitrogen and oxygen atoms in total. The molecule has 1 aromatic heterocycles. The van der Waals surface area contributed by atoms with E-state index in [0.717, 1.165) is 11.1 Å². The molecule has 1 heterocycles. The van der Waals surface area contributed by atoms with E-state index in [4.69, 9.17) is 20.6 Å². The fraction of sp³-hybridized carbons (Fsp3) is 0.148. The number of rotatable bonds is 7. The summed E-state index contributed by atoms with van der Waals surface area (Å²) in [7, 11) is 0. The molecular weight excluding hydrogens is 446 g/mol. The molecule has 4 aromatic rings. The number of aromatic nitrogens is 1. The summed E-state index contributed by atoms with van der Waals surface area (Å²) >= 11 is 0. The lowest BCUT2D eigenvalue weighted by atomic mass is 9.95. The van der Waals surface area contributed by atoms with Crippen LogP contribution in [0.4, 0.5) is 5.69 Å². The largest absolute Gasteiger partial charge is 0.494 e. The van der Waals surface area contributed by atoms with Crippen LogP contribution in [-0.2, 0) is 15.1 Å². The molecule has 0 spiro atoms. The fourth-order valence-electron chi connectivity index (χ4n) is 3.72. The van der Waals surface area contributed by atoms with Crippen molar-refractivity contribution in [2.24, 2.45) is 10.7 Å². The first-order chi connectivity index (χ1) is 16.6. The highest BCUT2D eigenvalue weighted by Gasteiger charge is 2.21. The monoisotopic (exact) mass is 471 g/mol. The van der Waals surface area contributed by atoms with Crippen LogP contribution in [0.5, 0.6) is 5.88 Å². The lowest BCUT2D eigenvalue weighted by Gasteiger charge is -2.19. The van der Waals surface area contributed by atoms with Gasteiger partial charge in [0.2, 0.25) is 0 Å². The second-order valence-corrected chi connectivity index (χ2v) is 8.67. The molecule has 0 radical (unpaired) electrons. The van der Waals surface area contributed by atoms with Crippen LogP contribution in [0.15, 0.2) is 77.8 Å². The number of carboxylic acid groups (broad SMARTS) is 1. The van der Waals surface area contributed by atoms with Crippen molar-refractivity contribution in [1.82, 2.24) is 4.98 Å². The SMILES string of the molecule is CC(C)(N)c1ccc(N=C(c2ccccc2)c2c(O)[nH]c3cc(C(=O)OCC(=O)O)ccc23)cc1. The van der Waals surface area contributed by atoms with Gasteiger partial charge >= 0.3 is 11.9 Å². The molecule has 8 heteroatoms. The van der Waals surface area contributed by atoms with E-state index >= 15 is 0 Å². The van der Waals surface area contributed by atoms with Crippen molar-refractivity contribution in [3.63, 3.8) is 0 Å². The number of nitrogens with two attached hydrogens (primary N) is 1. The van der Waals surface area contributed by atoms with Crippen LogP contribution in [0.1, 0.15) is 40.9 Å². The predicted octanol–water partition coefficient (Wildman–Crippen LogP) is 4.48. The van der Waals surface area contributed by atoms with Crippen molar-refractivity contribution in [1.29, 1.82) is 0 Å². The number of nitrogens with one attached hydrogen (secondary N) is 1. The van der Waals surface area contributed by atoms with E-state index in [1.807, 2.05) is 68.4 Å². The maximum Gasteiger partial charge on any atom is 0.341 e. The molecular formula is C27H25N3O5. The third kappa shape index (κ3) is 5.23. The number of ether oxygens (including phenoxy) is 1. The topological polar surface area (TPSA) is 138 Å². The number of fused-ring (bicyclic) bond motifs is 1. The van der Waals surface area contributed by atoms with E-state index in [0.29, 0.717) is 27.9 Å². The molecule has 0 bridgehead atoms. The standard InChI is InChI=1S/C27H25N3O5/c1-27(2,28)18-9-11-19(12-10-18)29-24(16-6-4-3-5-7-16)23-20-13-8-17(14-21(20)30-25(23)33)26(34)35-15-22(31)32/h3-14,30,33H,15,28H2,1-2H3,(H,31,32). The quantitative estimate of drug-likeness (QED) is 0.232. The first-order valence-electron chi connectivity index (χ1n) is 10.9. The number of benzene rings is 3. The summed E-state index contributed by atoms with van der Waals surface area (Å²) in [6.07, 6.45) is 0. The van der Waals surface area contributed by atoms with Crippen LogP contribution in [0.2, 0.25) is 0 Å². The molecule has 0 unspecified atom stereocenters. The molecule has 0 saturated carbocycles. The van der Waals surface area contributed by atoms with E-state index in [2.05, 4.69) is 4.98 Å². The Morgan fingerprint density at radius 1 is 1.00 bits per heavy atom.